The maximum atomic E-state index is 6.22. The molecule has 3 heteroatoms. The Morgan fingerprint density at radius 3 is 2.57 bits per heavy atom. The summed E-state index contributed by atoms with van der Waals surface area (Å²) in [5, 5.41) is 4.71. The maximum absolute atomic E-state index is 6.22. The molecule has 1 heterocycles. The van der Waals surface area contributed by atoms with Crippen molar-refractivity contribution >= 4 is 11.0 Å². The third-order valence-corrected chi connectivity index (χ3v) is 4.28. The van der Waals surface area contributed by atoms with Gasteiger partial charge >= 0.3 is 0 Å². The van der Waals surface area contributed by atoms with E-state index in [2.05, 4.69) is 45.1 Å². The van der Waals surface area contributed by atoms with E-state index in [0.29, 0.717) is 6.04 Å². The van der Waals surface area contributed by atoms with Gasteiger partial charge in [0, 0.05) is 17.0 Å². The highest BCUT2D eigenvalue weighted by Crippen LogP contribution is 2.38. The standard InChI is InChI=1S/C18H25NO2/c1-11-14-8-13(20-5)9-15(18(2,3)4)17(14)21-16(11)10-19-12-6-7-12/h8-9,12,19H,6-7,10H2,1-5H3. The van der Waals surface area contributed by atoms with Gasteiger partial charge < -0.3 is 14.5 Å². The molecule has 0 atom stereocenters. The van der Waals surface area contributed by atoms with Gasteiger partial charge in [-0.2, -0.15) is 0 Å². The van der Waals surface area contributed by atoms with Crippen LogP contribution in [-0.4, -0.2) is 13.2 Å². The second-order valence-electron chi connectivity index (χ2n) is 7.11. The topological polar surface area (TPSA) is 34.4 Å². The summed E-state index contributed by atoms with van der Waals surface area (Å²) in [4.78, 5) is 0. The number of methoxy groups -OCH3 is 1. The molecule has 0 amide bonds. The second kappa shape index (κ2) is 5.06. The summed E-state index contributed by atoms with van der Waals surface area (Å²) in [5.74, 6) is 1.95. The molecule has 0 aliphatic heterocycles. The fraction of sp³-hybridized carbons (Fsp3) is 0.556. The van der Waals surface area contributed by atoms with Gasteiger partial charge in [0.05, 0.1) is 13.7 Å². The zero-order chi connectivity index (χ0) is 15.2. The van der Waals surface area contributed by atoms with E-state index in [1.165, 1.54) is 29.4 Å². The predicted octanol–water partition coefficient (Wildman–Crippen LogP) is 4.30. The predicted molar refractivity (Wildman–Crippen MR) is 86.1 cm³/mol. The number of fused-ring (bicyclic) bond motifs is 1. The first kappa shape index (κ1) is 14.5. The van der Waals surface area contributed by atoms with Crippen LogP contribution in [0.3, 0.4) is 0 Å². The fourth-order valence-corrected chi connectivity index (χ4v) is 2.71. The summed E-state index contributed by atoms with van der Waals surface area (Å²) >= 11 is 0. The van der Waals surface area contributed by atoms with Gasteiger partial charge in [0.25, 0.3) is 0 Å². The highest BCUT2D eigenvalue weighted by Gasteiger charge is 2.25. The molecule has 2 aromatic rings. The molecule has 0 spiro atoms. The molecule has 3 rings (SSSR count). The molecular weight excluding hydrogens is 262 g/mol. The lowest BCUT2D eigenvalue weighted by atomic mass is 9.85. The van der Waals surface area contributed by atoms with E-state index in [9.17, 15) is 0 Å². The van der Waals surface area contributed by atoms with Gasteiger partial charge in [-0.05, 0) is 42.9 Å². The summed E-state index contributed by atoms with van der Waals surface area (Å²) in [7, 11) is 1.72. The minimum Gasteiger partial charge on any atom is -0.497 e. The van der Waals surface area contributed by atoms with Crippen molar-refractivity contribution in [2.24, 2.45) is 0 Å². The first-order valence-corrected chi connectivity index (χ1v) is 7.74. The van der Waals surface area contributed by atoms with Crippen LogP contribution in [0.15, 0.2) is 16.5 Å². The molecule has 0 unspecified atom stereocenters. The van der Waals surface area contributed by atoms with Crippen LogP contribution in [0.4, 0.5) is 0 Å². The molecular formula is C18H25NO2. The third-order valence-electron chi connectivity index (χ3n) is 4.28. The first-order chi connectivity index (χ1) is 9.90. The molecule has 1 saturated carbocycles. The van der Waals surface area contributed by atoms with Crippen molar-refractivity contribution in [2.75, 3.05) is 7.11 Å². The number of rotatable bonds is 4. The molecule has 114 valence electrons. The first-order valence-electron chi connectivity index (χ1n) is 7.74. The van der Waals surface area contributed by atoms with E-state index in [4.69, 9.17) is 9.15 Å². The number of nitrogens with one attached hydrogen (secondary N) is 1. The van der Waals surface area contributed by atoms with E-state index in [1.54, 1.807) is 7.11 Å². The molecule has 1 aromatic heterocycles. The van der Waals surface area contributed by atoms with Gasteiger partial charge in [0.2, 0.25) is 0 Å². The largest absolute Gasteiger partial charge is 0.497 e. The third kappa shape index (κ3) is 2.80. The Bertz CT molecular complexity index is 660. The molecule has 1 aliphatic carbocycles. The lowest BCUT2D eigenvalue weighted by molar-refractivity contribution is 0.413. The number of benzene rings is 1. The van der Waals surface area contributed by atoms with Crippen LogP contribution in [0.2, 0.25) is 0 Å². The number of aryl methyl sites for hydroxylation is 1. The van der Waals surface area contributed by atoms with Crippen molar-refractivity contribution in [3.63, 3.8) is 0 Å². The van der Waals surface area contributed by atoms with Crippen LogP contribution in [0.25, 0.3) is 11.0 Å². The van der Waals surface area contributed by atoms with Crippen molar-refractivity contribution in [3.8, 4) is 5.75 Å². The SMILES string of the molecule is COc1cc(C(C)(C)C)c2oc(CNC3CC3)c(C)c2c1. The molecule has 1 aliphatic rings. The molecule has 0 bridgehead atoms. The highest BCUT2D eigenvalue weighted by atomic mass is 16.5. The minimum absolute atomic E-state index is 0.0261. The average molecular weight is 287 g/mol. The highest BCUT2D eigenvalue weighted by molar-refractivity contribution is 5.87. The fourth-order valence-electron chi connectivity index (χ4n) is 2.71. The minimum atomic E-state index is 0.0261. The van der Waals surface area contributed by atoms with Crippen LogP contribution < -0.4 is 10.1 Å². The summed E-state index contributed by atoms with van der Waals surface area (Å²) in [6, 6.07) is 4.88. The Kier molecular flexibility index (Phi) is 3.48. The lowest BCUT2D eigenvalue weighted by Gasteiger charge is -2.20. The van der Waals surface area contributed by atoms with Crippen molar-refractivity contribution in [1.82, 2.24) is 5.32 Å². The van der Waals surface area contributed by atoms with Crippen molar-refractivity contribution in [3.05, 3.63) is 29.0 Å². The molecule has 21 heavy (non-hydrogen) atoms. The van der Waals surface area contributed by atoms with Crippen LogP contribution in [0.1, 0.15) is 50.5 Å². The number of furan rings is 1. The van der Waals surface area contributed by atoms with Gasteiger partial charge in [-0.15, -0.1) is 0 Å². The zero-order valence-electron chi connectivity index (χ0n) is 13.7. The van der Waals surface area contributed by atoms with Gasteiger partial charge in [0.1, 0.15) is 17.1 Å². The molecule has 1 fully saturated rings. The second-order valence-corrected chi connectivity index (χ2v) is 7.11. The Morgan fingerprint density at radius 1 is 1.29 bits per heavy atom. The van der Waals surface area contributed by atoms with Crippen molar-refractivity contribution < 1.29 is 9.15 Å². The number of hydrogen-bond donors (Lipinski definition) is 1. The van der Waals surface area contributed by atoms with Gasteiger partial charge in [-0.25, -0.2) is 0 Å². The summed E-state index contributed by atoms with van der Waals surface area (Å²) in [6.45, 7) is 9.59. The molecule has 1 aromatic carbocycles. The van der Waals surface area contributed by atoms with Gasteiger partial charge in [-0.1, -0.05) is 20.8 Å². The Hall–Kier alpha value is -1.48. The quantitative estimate of drug-likeness (QED) is 0.910. The Balaban J connectivity index is 2.09. The van der Waals surface area contributed by atoms with Gasteiger partial charge in [0.15, 0.2) is 0 Å². The average Bonchev–Trinajstić information content (AvgIpc) is 3.20. The molecule has 0 radical (unpaired) electrons. The summed E-state index contributed by atoms with van der Waals surface area (Å²) < 4.78 is 11.7. The monoisotopic (exact) mass is 287 g/mol. The summed E-state index contributed by atoms with van der Waals surface area (Å²) in [6.07, 6.45) is 2.58. The molecule has 1 N–H and O–H groups in total. The Morgan fingerprint density at radius 2 is 2.00 bits per heavy atom. The van der Waals surface area contributed by atoms with Crippen molar-refractivity contribution in [2.45, 2.75) is 58.5 Å². The smallest absolute Gasteiger partial charge is 0.138 e. The van der Waals surface area contributed by atoms with E-state index in [0.717, 1.165) is 23.6 Å². The van der Waals surface area contributed by atoms with Crippen LogP contribution in [0.5, 0.6) is 5.75 Å². The Labute approximate surface area is 126 Å². The zero-order valence-corrected chi connectivity index (χ0v) is 13.7. The number of ether oxygens (including phenoxy) is 1. The van der Waals surface area contributed by atoms with Crippen LogP contribution in [-0.2, 0) is 12.0 Å². The summed E-state index contributed by atoms with van der Waals surface area (Å²) in [5.41, 5.74) is 3.46. The number of hydrogen-bond acceptors (Lipinski definition) is 3. The normalized spacial score (nSPS) is 15.7. The van der Waals surface area contributed by atoms with Crippen molar-refractivity contribution in [1.29, 1.82) is 0 Å². The molecule has 3 nitrogen and oxygen atoms in total. The van der Waals surface area contributed by atoms with E-state index >= 15 is 0 Å². The van der Waals surface area contributed by atoms with E-state index in [1.807, 2.05) is 0 Å². The maximum Gasteiger partial charge on any atom is 0.138 e. The van der Waals surface area contributed by atoms with Crippen LogP contribution >= 0.6 is 0 Å². The van der Waals surface area contributed by atoms with Crippen LogP contribution in [0, 0.1) is 6.92 Å². The van der Waals surface area contributed by atoms with Gasteiger partial charge in [-0.3, -0.25) is 0 Å². The van der Waals surface area contributed by atoms with E-state index < -0.39 is 0 Å². The lowest BCUT2D eigenvalue weighted by Crippen LogP contribution is -2.15. The molecule has 0 saturated heterocycles. The van der Waals surface area contributed by atoms with E-state index in [-0.39, 0.29) is 5.41 Å².